The van der Waals surface area contributed by atoms with Gasteiger partial charge in [-0.05, 0) is 36.4 Å². The number of halogens is 1. The van der Waals surface area contributed by atoms with E-state index >= 15 is 0 Å². The Balaban J connectivity index is 2.18. The van der Waals surface area contributed by atoms with Gasteiger partial charge in [-0.3, -0.25) is 4.79 Å². The number of carbonyl (C=O) groups is 2. The molecule has 0 saturated heterocycles. The second-order valence-electron chi connectivity index (χ2n) is 4.38. The zero-order valence-corrected chi connectivity index (χ0v) is 12.1. The first-order valence-electron chi connectivity index (χ1n) is 6.38. The van der Waals surface area contributed by atoms with Crippen LogP contribution in [0.4, 0.5) is 10.1 Å². The van der Waals surface area contributed by atoms with Gasteiger partial charge < -0.3 is 14.8 Å². The van der Waals surface area contributed by atoms with Crippen LogP contribution >= 0.6 is 0 Å². The Morgan fingerprint density at radius 1 is 1.05 bits per heavy atom. The Morgan fingerprint density at radius 3 is 2.45 bits per heavy atom. The summed E-state index contributed by atoms with van der Waals surface area (Å²) >= 11 is 0. The second kappa shape index (κ2) is 6.71. The van der Waals surface area contributed by atoms with Crippen LogP contribution in [0.5, 0.6) is 5.75 Å². The van der Waals surface area contributed by atoms with Crippen LogP contribution in [-0.4, -0.2) is 26.1 Å². The Labute approximate surface area is 126 Å². The summed E-state index contributed by atoms with van der Waals surface area (Å²) < 4.78 is 23.0. The normalized spacial score (nSPS) is 9.95. The van der Waals surface area contributed by atoms with Crippen molar-refractivity contribution in [3.63, 3.8) is 0 Å². The van der Waals surface area contributed by atoms with Gasteiger partial charge in [-0.15, -0.1) is 0 Å². The molecule has 0 aliphatic heterocycles. The van der Waals surface area contributed by atoms with Gasteiger partial charge >= 0.3 is 5.97 Å². The number of carbonyl (C=O) groups excluding carboxylic acids is 2. The van der Waals surface area contributed by atoms with Crippen molar-refractivity contribution in [2.45, 2.75) is 0 Å². The Kier molecular flexibility index (Phi) is 4.73. The first kappa shape index (κ1) is 15.5. The Morgan fingerprint density at radius 2 is 1.82 bits per heavy atom. The van der Waals surface area contributed by atoms with Gasteiger partial charge in [0.2, 0.25) is 0 Å². The molecule has 0 spiro atoms. The summed E-state index contributed by atoms with van der Waals surface area (Å²) in [6.45, 7) is 0. The minimum Gasteiger partial charge on any atom is -0.494 e. The lowest BCUT2D eigenvalue weighted by molar-refractivity contribution is 0.0600. The highest BCUT2D eigenvalue weighted by Crippen LogP contribution is 2.19. The first-order chi connectivity index (χ1) is 10.5. The van der Waals surface area contributed by atoms with Crippen LogP contribution in [0.2, 0.25) is 0 Å². The average molecular weight is 303 g/mol. The summed E-state index contributed by atoms with van der Waals surface area (Å²) in [6.07, 6.45) is 0. The number of rotatable bonds is 4. The van der Waals surface area contributed by atoms with E-state index in [-0.39, 0.29) is 11.3 Å². The Hall–Kier alpha value is -2.89. The van der Waals surface area contributed by atoms with E-state index in [1.165, 1.54) is 32.4 Å². The Bertz CT molecular complexity index is 715. The van der Waals surface area contributed by atoms with Crippen LogP contribution in [0.1, 0.15) is 20.7 Å². The van der Waals surface area contributed by atoms with E-state index in [0.717, 1.165) is 6.07 Å². The van der Waals surface area contributed by atoms with Gasteiger partial charge in [0.25, 0.3) is 5.91 Å². The van der Waals surface area contributed by atoms with E-state index in [4.69, 9.17) is 4.74 Å². The topological polar surface area (TPSA) is 64.6 Å². The summed E-state index contributed by atoms with van der Waals surface area (Å²) in [6, 6.07) is 10.2. The van der Waals surface area contributed by atoms with Crippen LogP contribution < -0.4 is 10.1 Å². The molecule has 0 radical (unpaired) electrons. The molecule has 5 nitrogen and oxygen atoms in total. The number of hydrogen-bond acceptors (Lipinski definition) is 4. The molecule has 0 atom stereocenters. The van der Waals surface area contributed by atoms with Crippen molar-refractivity contribution in [3.05, 3.63) is 59.4 Å². The SMILES string of the molecule is COC(=O)c1cccc(NC(=O)c2ccc(OC)c(F)c2)c1. The van der Waals surface area contributed by atoms with Crippen molar-refractivity contribution in [1.29, 1.82) is 0 Å². The molecular formula is C16H14FNO4. The van der Waals surface area contributed by atoms with Crippen molar-refractivity contribution in [3.8, 4) is 5.75 Å². The number of amides is 1. The van der Waals surface area contributed by atoms with Crippen LogP contribution in [0.25, 0.3) is 0 Å². The molecule has 1 amide bonds. The summed E-state index contributed by atoms with van der Waals surface area (Å²) in [7, 11) is 2.62. The highest BCUT2D eigenvalue weighted by atomic mass is 19.1. The molecule has 6 heteroatoms. The molecule has 114 valence electrons. The fourth-order valence-electron chi connectivity index (χ4n) is 1.85. The summed E-state index contributed by atoms with van der Waals surface area (Å²) in [5.41, 5.74) is 0.854. The average Bonchev–Trinajstić information content (AvgIpc) is 2.54. The quantitative estimate of drug-likeness (QED) is 0.882. The molecule has 2 aromatic carbocycles. The van der Waals surface area contributed by atoms with Crippen LogP contribution in [0.15, 0.2) is 42.5 Å². The third-order valence-corrected chi connectivity index (χ3v) is 2.96. The van der Waals surface area contributed by atoms with E-state index in [2.05, 4.69) is 10.1 Å². The molecule has 22 heavy (non-hydrogen) atoms. The van der Waals surface area contributed by atoms with Gasteiger partial charge in [0.1, 0.15) is 0 Å². The zero-order valence-electron chi connectivity index (χ0n) is 12.1. The molecule has 0 fully saturated rings. The van der Waals surface area contributed by atoms with E-state index in [0.29, 0.717) is 11.3 Å². The van der Waals surface area contributed by atoms with Crippen LogP contribution in [0, 0.1) is 5.82 Å². The van der Waals surface area contributed by atoms with Crippen molar-refractivity contribution < 1.29 is 23.5 Å². The summed E-state index contributed by atoms with van der Waals surface area (Å²) in [4.78, 5) is 23.5. The molecule has 2 aromatic rings. The van der Waals surface area contributed by atoms with Crippen LogP contribution in [0.3, 0.4) is 0 Å². The smallest absolute Gasteiger partial charge is 0.337 e. The highest BCUT2D eigenvalue weighted by molar-refractivity contribution is 6.05. The molecule has 2 rings (SSSR count). The van der Waals surface area contributed by atoms with Crippen molar-refractivity contribution in [1.82, 2.24) is 0 Å². The third kappa shape index (κ3) is 3.41. The fraction of sp³-hybridized carbons (Fsp3) is 0.125. The van der Waals surface area contributed by atoms with Gasteiger partial charge in [-0.2, -0.15) is 0 Å². The molecule has 0 saturated carbocycles. The van der Waals surface area contributed by atoms with E-state index in [1.807, 2.05) is 0 Å². The van der Waals surface area contributed by atoms with Gasteiger partial charge in [0, 0.05) is 11.3 Å². The maximum atomic E-state index is 13.6. The molecule has 0 unspecified atom stereocenters. The molecule has 0 bridgehead atoms. The lowest BCUT2D eigenvalue weighted by Crippen LogP contribution is -2.13. The van der Waals surface area contributed by atoms with Gasteiger partial charge in [0.15, 0.2) is 11.6 Å². The molecule has 0 aromatic heterocycles. The fourth-order valence-corrected chi connectivity index (χ4v) is 1.85. The predicted octanol–water partition coefficient (Wildman–Crippen LogP) is 2.87. The van der Waals surface area contributed by atoms with E-state index in [1.54, 1.807) is 18.2 Å². The standard InChI is InChI=1S/C16H14FNO4/c1-21-14-7-6-10(9-13(14)17)15(19)18-12-5-3-4-11(8-12)16(20)22-2/h3-9H,1-2H3,(H,18,19). The minimum atomic E-state index is -0.626. The number of methoxy groups -OCH3 is 2. The molecule has 1 N–H and O–H groups in total. The number of hydrogen-bond donors (Lipinski definition) is 1. The van der Waals surface area contributed by atoms with Crippen LogP contribution in [-0.2, 0) is 4.74 Å². The number of anilines is 1. The van der Waals surface area contributed by atoms with E-state index in [9.17, 15) is 14.0 Å². The maximum Gasteiger partial charge on any atom is 0.337 e. The summed E-state index contributed by atoms with van der Waals surface area (Å²) in [5, 5.41) is 2.59. The number of ether oxygens (including phenoxy) is 2. The minimum absolute atomic E-state index is 0.0595. The third-order valence-electron chi connectivity index (χ3n) is 2.96. The van der Waals surface area contributed by atoms with Crippen molar-refractivity contribution in [2.75, 3.05) is 19.5 Å². The molecular weight excluding hydrogens is 289 g/mol. The number of esters is 1. The largest absolute Gasteiger partial charge is 0.494 e. The zero-order chi connectivity index (χ0) is 16.1. The van der Waals surface area contributed by atoms with E-state index < -0.39 is 17.7 Å². The molecule has 0 aliphatic carbocycles. The summed E-state index contributed by atoms with van der Waals surface area (Å²) in [5.74, 6) is -1.57. The van der Waals surface area contributed by atoms with Gasteiger partial charge in [-0.1, -0.05) is 6.07 Å². The number of benzene rings is 2. The van der Waals surface area contributed by atoms with Gasteiger partial charge in [-0.25, -0.2) is 9.18 Å². The monoisotopic (exact) mass is 303 g/mol. The first-order valence-corrected chi connectivity index (χ1v) is 6.38. The van der Waals surface area contributed by atoms with Crippen molar-refractivity contribution in [2.24, 2.45) is 0 Å². The number of nitrogens with one attached hydrogen (secondary N) is 1. The van der Waals surface area contributed by atoms with Gasteiger partial charge in [0.05, 0.1) is 19.8 Å². The highest BCUT2D eigenvalue weighted by Gasteiger charge is 2.12. The lowest BCUT2D eigenvalue weighted by Gasteiger charge is -2.08. The maximum absolute atomic E-state index is 13.6. The second-order valence-corrected chi connectivity index (χ2v) is 4.38. The molecule has 0 heterocycles. The van der Waals surface area contributed by atoms with Crippen molar-refractivity contribution >= 4 is 17.6 Å². The lowest BCUT2D eigenvalue weighted by atomic mass is 10.1. The predicted molar refractivity (Wildman–Crippen MR) is 78.7 cm³/mol. The molecule has 0 aliphatic rings.